The lowest BCUT2D eigenvalue weighted by atomic mass is 10.1. The summed E-state index contributed by atoms with van der Waals surface area (Å²) in [7, 11) is 0. The number of nitrogens with two attached hydrogens (primary N) is 1. The van der Waals surface area contributed by atoms with Crippen molar-refractivity contribution in [2.45, 2.75) is 38.6 Å². The van der Waals surface area contributed by atoms with Gasteiger partial charge in [-0.2, -0.15) is 10.2 Å². The molecule has 1 aromatic carbocycles. The average Bonchev–Trinajstić information content (AvgIpc) is 3.22. The highest BCUT2D eigenvalue weighted by molar-refractivity contribution is 5.91. The van der Waals surface area contributed by atoms with E-state index < -0.39 is 5.91 Å². The summed E-state index contributed by atoms with van der Waals surface area (Å²) in [5, 5.41) is 9.36. The van der Waals surface area contributed by atoms with Crippen LogP contribution in [0.5, 0.6) is 0 Å². The summed E-state index contributed by atoms with van der Waals surface area (Å²) in [6.07, 6.45) is 6.85. The Morgan fingerprint density at radius 1 is 1.14 bits per heavy atom. The van der Waals surface area contributed by atoms with E-state index in [1.165, 1.54) is 16.8 Å². The first-order valence-electron chi connectivity index (χ1n) is 11.5. The number of hydrogen-bond acceptors (Lipinski definition) is 5. The molecule has 3 N–H and O–H groups in total. The highest BCUT2D eigenvalue weighted by atomic mass is 19.1. The van der Waals surface area contributed by atoms with E-state index in [0.717, 1.165) is 41.2 Å². The zero-order valence-electron chi connectivity index (χ0n) is 19.1. The summed E-state index contributed by atoms with van der Waals surface area (Å²) >= 11 is 0. The third-order valence-electron chi connectivity index (χ3n) is 6.15. The standard InChI is InChI=1S/C25H23FN8O/c1-14-10-15(12-16(26)11-14)2-6-21-29-23(24(30-21)19-8-9-33(31-19)17-3-4-17)18-5-7-22-28-13-20(25(27)35)34(22)32-18/h5,7-13,17H,2-4,6H2,1H3,(H2,27,35)(H,29,30). The van der Waals surface area contributed by atoms with Crippen LogP contribution in [0.2, 0.25) is 0 Å². The van der Waals surface area contributed by atoms with Crippen LogP contribution in [0.1, 0.15) is 46.3 Å². The molecule has 1 aliphatic carbocycles. The van der Waals surface area contributed by atoms with E-state index in [-0.39, 0.29) is 11.5 Å². The third-order valence-corrected chi connectivity index (χ3v) is 6.15. The van der Waals surface area contributed by atoms with Gasteiger partial charge in [0.1, 0.15) is 34.4 Å². The molecular formula is C25H23FN8O. The molecule has 4 heterocycles. The molecule has 0 unspecified atom stereocenters. The molecule has 10 heteroatoms. The Bertz CT molecular complexity index is 1560. The fourth-order valence-corrected chi connectivity index (χ4v) is 4.31. The molecule has 9 nitrogen and oxygen atoms in total. The number of primary amides is 1. The molecule has 1 fully saturated rings. The van der Waals surface area contributed by atoms with Crippen LogP contribution in [-0.4, -0.2) is 40.3 Å². The number of H-pyrrole nitrogens is 1. The van der Waals surface area contributed by atoms with Crippen molar-refractivity contribution in [1.29, 1.82) is 0 Å². The van der Waals surface area contributed by atoms with Gasteiger partial charge in [0.15, 0.2) is 5.65 Å². The van der Waals surface area contributed by atoms with Crippen molar-refractivity contribution >= 4 is 11.6 Å². The number of nitrogens with one attached hydrogen (secondary N) is 1. The number of carbonyl (C=O) groups excluding carboxylic acids is 1. The SMILES string of the molecule is Cc1cc(F)cc(CCc2nc(-c3ccc4ncc(C(N)=O)n4n3)c(-c3ccn(C4CC4)n3)[nH]2)c1. The normalized spacial score (nSPS) is 13.5. The maximum Gasteiger partial charge on any atom is 0.269 e. The molecule has 0 bridgehead atoms. The minimum absolute atomic E-state index is 0.193. The fourth-order valence-electron chi connectivity index (χ4n) is 4.31. The zero-order chi connectivity index (χ0) is 24.1. The molecule has 1 aliphatic rings. The van der Waals surface area contributed by atoms with Crippen LogP contribution in [0.4, 0.5) is 4.39 Å². The highest BCUT2D eigenvalue weighted by Crippen LogP contribution is 2.36. The number of nitrogens with zero attached hydrogens (tertiary/aromatic N) is 6. The van der Waals surface area contributed by atoms with Crippen molar-refractivity contribution < 1.29 is 9.18 Å². The quantitative estimate of drug-likeness (QED) is 0.376. The Kier molecular flexibility index (Phi) is 4.94. The molecule has 6 rings (SSSR count). The van der Waals surface area contributed by atoms with Crippen LogP contribution in [0.15, 0.2) is 48.8 Å². The molecular weight excluding hydrogens is 447 g/mol. The largest absolute Gasteiger partial charge is 0.364 e. The zero-order valence-corrected chi connectivity index (χ0v) is 19.1. The molecule has 0 saturated heterocycles. The van der Waals surface area contributed by atoms with Gasteiger partial charge in [-0.3, -0.25) is 9.48 Å². The lowest BCUT2D eigenvalue weighted by molar-refractivity contribution is 0.0993. The minimum Gasteiger partial charge on any atom is -0.364 e. The lowest BCUT2D eigenvalue weighted by Gasteiger charge is -2.03. The van der Waals surface area contributed by atoms with Crippen molar-refractivity contribution in [3.05, 3.63) is 77.3 Å². The lowest BCUT2D eigenvalue weighted by Crippen LogP contribution is -2.15. The maximum atomic E-state index is 13.8. The van der Waals surface area contributed by atoms with Gasteiger partial charge >= 0.3 is 0 Å². The summed E-state index contributed by atoms with van der Waals surface area (Å²) in [5.41, 5.74) is 10.7. The van der Waals surface area contributed by atoms with E-state index in [1.54, 1.807) is 12.1 Å². The van der Waals surface area contributed by atoms with E-state index in [9.17, 15) is 9.18 Å². The first-order chi connectivity index (χ1) is 16.9. The predicted molar refractivity (Wildman–Crippen MR) is 127 cm³/mol. The average molecular weight is 471 g/mol. The Morgan fingerprint density at radius 2 is 2.00 bits per heavy atom. The number of aromatic amines is 1. The minimum atomic E-state index is -0.612. The van der Waals surface area contributed by atoms with Gasteiger partial charge in [0.2, 0.25) is 0 Å². The van der Waals surface area contributed by atoms with E-state index >= 15 is 0 Å². The predicted octanol–water partition coefficient (Wildman–Crippen LogP) is 3.65. The van der Waals surface area contributed by atoms with Crippen molar-refractivity contribution in [2.75, 3.05) is 0 Å². The van der Waals surface area contributed by atoms with E-state index in [2.05, 4.69) is 15.1 Å². The van der Waals surface area contributed by atoms with E-state index in [0.29, 0.717) is 35.9 Å². The second-order valence-electron chi connectivity index (χ2n) is 8.95. The van der Waals surface area contributed by atoms with Gasteiger partial charge in [-0.05, 0) is 67.6 Å². The second kappa shape index (κ2) is 8.15. The van der Waals surface area contributed by atoms with Crippen LogP contribution in [0.25, 0.3) is 28.4 Å². The number of hydrogen-bond donors (Lipinski definition) is 2. The number of halogens is 1. The van der Waals surface area contributed by atoms with Crippen LogP contribution < -0.4 is 5.73 Å². The van der Waals surface area contributed by atoms with Crippen molar-refractivity contribution in [3.8, 4) is 22.8 Å². The van der Waals surface area contributed by atoms with Crippen molar-refractivity contribution in [3.63, 3.8) is 0 Å². The van der Waals surface area contributed by atoms with Gasteiger partial charge in [-0.15, -0.1) is 0 Å². The molecule has 1 amide bonds. The number of imidazole rings is 2. The van der Waals surface area contributed by atoms with Gasteiger partial charge in [0.05, 0.1) is 17.9 Å². The summed E-state index contributed by atoms with van der Waals surface area (Å²) in [6.45, 7) is 1.88. The number of carbonyl (C=O) groups is 1. The number of aromatic nitrogens is 7. The Balaban J connectivity index is 1.40. The molecule has 35 heavy (non-hydrogen) atoms. The number of benzene rings is 1. The van der Waals surface area contributed by atoms with Crippen molar-refractivity contribution in [1.82, 2.24) is 34.3 Å². The summed E-state index contributed by atoms with van der Waals surface area (Å²) in [4.78, 5) is 24.3. The molecule has 0 atom stereocenters. The number of fused-ring (bicyclic) bond motifs is 1. The van der Waals surface area contributed by atoms with E-state index in [1.807, 2.05) is 36.0 Å². The molecule has 176 valence electrons. The molecule has 0 spiro atoms. The smallest absolute Gasteiger partial charge is 0.269 e. The van der Waals surface area contributed by atoms with Gasteiger partial charge in [0, 0.05) is 12.6 Å². The van der Waals surface area contributed by atoms with Crippen molar-refractivity contribution in [2.24, 2.45) is 5.73 Å². The molecule has 0 aliphatic heterocycles. The third kappa shape index (κ3) is 4.07. The molecule has 0 radical (unpaired) electrons. The summed E-state index contributed by atoms with van der Waals surface area (Å²) < 4.78 is 17.2. The van der Waals surface area contributed by atoms with Crippen LogP contribution in [-0.2, 0) is 12.8 Å². The van der Waals surface area contributed by atoms with Crippen LogP contribution in [0.3, 0.4) is 0 Å². The fraction of sp³-hybridized carbons (Fsp3) is 0.240. The van der Waals surface area contributed by atoms with Gasteiger partial charge in [-0.1, -0.05) is 6.07 Å². The van der Waals surface area contributed by atoms with Crippen LogP contribution in [0, 0.1) is 12.7 Å². The molecule has 1 saturated carbocycles. The van der Waals surface area contributed by atoms with Crippen LogP contribution >= 0.6 is 0 Å². The monoisotopic (exact) mass is 470 g/mol. The Labute approximate surface area is 199 Å². The first-order valence-corrected chi connectivity index (χ1v) is 11.5. The molecule has 5 aromatic rings. The second-order valence-corrected chi connectivity index (χ2v) is 8.95. The van der Waals surface area contributed by atoms with Gasteiger partial charge in [-0.25, -0.2) is 18.9 Å². The van der Waals surface area contributed by atoms with Gasteiger partial charge < -0.3 is 10.7 Å². The number of rotatable bonds is 7. The first kappa shape index (κ1) is 21.2. The van der Waals surface area contributed by atoms with E-state index in [4.69, 9.17) is 15.8 Å². The van der Waals surface area contributed by atoms with Gasteiger partial charge in [0.25, 0.3) is 5.91 Å². The summed E-state index contributed by atoms with van der Waals surface area (Å²) in [6, 6.07) is 11.0. The maximum absolute atomic E-state index is 13.8. The number of amides is 1. The highest BCUT2D eigenvalue weighted by Gasteiger charge is 2.26. The summed E-state index contributed by atoms with van der Waals surface area (Å²) in [5.74, 6) is -0.117. The molecule has 4 aromatic heterocycles. The number of aryl methyl sites for hydroxylation is 3. The Hall–Kier alpha value is -4.34. The Morgan fingerprint density at radius 3 is 2.77 bits per heavy atom. The topological polar surface area (TPSA) is 120 Å².